The number of rotatable bonds is 5. The number of carboxylic acid groups (broad SMARTS) is 1. The molecular formula is C12H17NO4. The molecule has 0 amide bonds. The molecule has 17 heavy (non-hydrogen) atoms. The smallest absolute Gasteiger partial charge is 0.354 e. The summed E-state index contributed by atoms with van der Waals surface area (Å²) in [5, 5.41) is 8.93. The largest absolute Gasteiger partial charge is 0.491 e. The van der Waals surface area contributed by atoms with Crippen molar-refractivity contribution in [3.05, 3.63) is 17.8 Å². The molecule has 0 aliphatic rings. The van der Waals surface area contributed by atoms with Crippen molar-refractivity contribution in [1.29, 1.82) is 0 Å². The van der Waals surface area contributed by atoms with Crippen LogP contribution in [0.2, 0.25) is 0 Å². The third-order valence-corrected chi connectivity index (χ3v) is 1.72. The van der Waals surface area contributed by atoms with E-state index in [1.165, 1.54) is 6.07 Å². The minimum atomic E-state index is -1.10. The van der Waals surface area contributed by atoms with Gasteiger partial charge in [0.2, 0.25) is 5.88 Å². The molecule has 0 aliphatic carbocycles. The highest BCUT2D eigenvalue weighted by Gasteiger charge is 2.12. The minimum Gasteiger partial charge on any atom is -0.491 e. The molecule has 0 aromatic carbocycles. The molecule has 0 saturated carbocycles. The maximum absolute atomic E-state index is 10.9. The molecule has 1 N–H and O–H groups in total. The zero-order valence-corrected chi connectivity index (χ0v) is 10.4. The lowest BCUT2D eigenvalue weighted by atomic mass is 10.3. The standard InChI is InChI=1S/C12H17NO4/c1-7(2)16-9-5-10(12(14)15)13-11(6-9)17-8(3)4/h5-8H,1-4H3,(H,14,15). The van der Waals surface area contributed by atoms with Gasteiger partial charge in [-0.2, -0.15) is 0 Å². The first-order valence-electron chi connectivity index (χ1n) is 5.47. The summed E-state index contributed by atoms with van der Waals surface area (Å²) in [6.07, 6.45) is -0.107. The highest BCUT2D eigenvalue weighted by atomic mass is 16.5. The van der Waals surface area contributed by atoms with Gasteiger partial charge in [-0.15, -0.1) is 0 Å². The molecule has 1 aromatic heterocycles. The topological polar surface area (TPSA) is 68.7 Å². The predicted octanol–water partition coefficient (Wildman–Crippen LogP) is 2.35. The van der Waals surface area contributed by atoms with Crippen LogP contribution in [-0.4, -0.2) is 28.3 Å². The van der Waals surface area contributed by atoms with Crippen molar-refractivity contribution in [2.24, 2.45) is 0 Å². The number of nitrogens with zero attached hydrogens (tertiary/aromatic N) is 1. The Morgan fingerprint density at radius 1 is 1.18 bits per heavy atom. The summed E-state index contributed by atoms with van der Waals surface area (Å²) in [4.78, 5) is 14.8. The molecule has 1 aromatic rings. The van der Waals surface area contributed by atoms with E-state index in [9.17, 15) is 4.79 Å². The summed E-state index contributed by atoms with van der Waals surface area (Å²) in [6.45, 7) is 7.42. The van der Waals surface area contributed by atoms with Crippen molar-refractivity contribution in [2.75, 3.05) is 0 Å². The van der Waals surface area contributed by atoms with Crippen LogP contribution in [0.1, 0.15) is 38.2 Å². The second kappa shape index (κ2) is 5.52. The molecule has 0 atom stereocenters. The molecule has 0 bridgehead atoms. The quantitative estimate of drug-likeness (QED) is 0.854. The Morgan fingerprint density at radius 2 is 1.76 bits per heavy atom. The molecule has 0 radical (unpaired) electrons. The van der Waals surface area contributed by atoms with Crippen LogP contribution in [0.5, 0.6) is 11.6 Å². The van der Waals surface area contributed by atoms with Gasteiger partial charge in [0, 0.05) is 12.1 Å². The fourth-order valence-electron chi connectivity index (χ4n) is 1.23. The third kappa shape index (κ3) is 4.30. The van der Waals surface area contributed by atoms with Crippen molar-refractivity contribution in [3.8, 4) is 11.6 Å². The maximum atomic E-state index is 10.9. The summed E-state index contributed by atoms with van der Waals surface area (Å²) in [6, 6.07) is 2.97. The van der Waals surface area contributed by atoms with Crippen LogP contribution in [0.15, 0.2) is 12.1 Å². The Morgan fingerprint density at radius 3 is 2.24 bits per heavy atom. The number of ether oxygens (including phenoxy) is 2. The van der Waals surface area contributed by atoms with Gasteiger partial charge < -0.3 is 14.6 Å². The highest BCUT2D eigenvalue weighted by Crippen LogP contribution is 2.21. The summed E-state index contributed by atoms with van der Waals surface area (Å²) in [5.74, 6) is -0.397. The maximum Gasteiger partial charge on any atom is 0.354 e. The molecule has 0 aliphatic heterocycles. The second-order valence-corrected chi connectivity index (χ2v) is 4.16. The third-order valence-electron chi connectivity index (χ3n) is 1.72. The van der Waals surface area contributed by atoms with Crippen LogP contribution in [0.3, 0.4) is 0 Å². The Kier molecular flexibility index (Phi) is 4.31. The van der Waals surface area contributed by atoms with E-state index in [2.05, 4.69) is 4.98 Å². The van der Waals surface area contributed by atoms with E-state index in [4.69, 9.17) is 14.6 Å². The number of pyridine rings is 1. The molecule has 5 nitrogen and oxygen atoms in total. The van der Waals surface area contributed by atoms with Gasteiger partial charge in [-0.05, 0) is 27.7 Å². The van der Waals surface area contributed by atoms with Crippen molar-refractivity contribution in [2.45, 2.75) is 39.9 Å². The number of carboxylic acids is 1. The fraction of sp³-hybridized carbons (Fsp3) is 0.500. The molecule has 0 fully saturated rings. The number of aromatic carboxylic acids is 1. The average Bonchev–Trinajstić information content (AvgIpc) is 2.14. The van der Waals surface area contributed by atoms with Gasteiger partial charge in [0.15, 0.2) is 5.69 Å². The molecule has 5 heteroatoms. The molecule has 94 valence electrons. The number of carbonyl (C=O) groups is 1. The van der Waals surface area contributed by atoms with E-state index >= 15 is 0 Å². The van der Waals surface area contributed by atoms with Crippen LogP contribution < -0.4 is 9.47 Å². The van der Waals surface area contributed by atoms with Gasteiger partial charge in [0.1, 0.15) is 5.75 Å². The summed E-state index contributed by atoms with van der Waals surface area (Å²) < 4.78 is 10.8. The van der Waals surface area contributed by atoms with Crippen molar-refractivity contribution in [3.63, 3.8) is 0 Å². The lowest BCUT2D eigenvalue weighted by Crippen LogP contribution is -2.11. The van der Waals surface area contributed by atoms with Crippen LogP contribution in [0, 0.1) is 0 Å². The SMILES string of the molecule is CC(C)Oc1cc(OC(C)C)nc(C(=O)O)c1. The molecule has 1 heterocycles. The van der Waals surface area contributed by atoms with Crippen molar-refractivity contribution in [1.82, 2.24) is 4.98 Å². The van der Waals surface area contributed by atoms with E-state index in [-0.39, 0.29) is 23.8 Å². The van der Waals surface area contributed by atoms with E-state index in [0.29, 0.717) is 5.75 Å². The summed E-state index contributed by atoms with van der Waals surface area (Å²) >= 11 is 0. The van der Waals surface area contributed by atoms with Gasteiger partial charge in [-0.25, -0.2) is 9.78 Å². The Hall–Kier alpha value is -1.78. The monoisotopic (exact) mass is 239 g/mol. The summed E-state index contributed by atoms with van der Waals surface area (Å²) in [7, 11) is 0. The molecular weight excluding hydrogens is 222 g/mol. The van der Waals surface area contributed by atoms with Crippen molar-refractivity contribution < 1.29 is 19.4 Å². The van der Waals surface area contributed by atoms with Gasteiger partial charge >= 0.3 is 5.97 Å². The number of hydrogen-bond acceptors (Lipinski definition) is 4. The lowest BCUT2D eigenvalue weighted by Gasteiger charge is -2.13. The van der Waals surface area contributed by atoms with Crippen LogP contribution in [0.25, 0.3) is 0 Å². The van der Waals surface area contributed by atoms with Crippen LogP contribution >= 0.6 is 0 Å². The first kappa shape index (κ1) is 13.3. The lowest BCUT2D eigenvalue weighted by molar-refractivity contribution is 0.0687. The second-order valence-electron chi connectivity index (χ2n) is 4.16. The van der Waals surface area contributed by atoms with Gasteiger partial charge in [-0.1, -0.05) is 0 Å². The van der Waals surface area contributed by atoms with E-state index in [1.807, 2.05) is 27.7 Å². The zero-order valence-electron chi connectivity index (χ0n) is 10.4. The van der Waals surface area contributed by atoms with Crippen LogP contribution in [0.4, 0.5) is 0 Å². The van der Waals surface area contributed by atoms with Crippen LogP contribution in [-0.2, 0) is 0 Å². The van der Waals surface area contributed by atoms with Gasteiger partial charge in [0.05, 0.1) is 12.2 Å². The highest BCUT2D eigenvalue weighted by molar-refractivity contribution is 5.86. The Balaban J connectivity index is 3.04. The Labute approximate surface area is 100 Å². The Bertz CT molecular complexity index is 373. The fourth-order valence-corrected chi connectivity index (χ4v) is 1.23. The summed E-state index contributed by atoms with van der Waals surface area (Å²) in [5.41, 5.74) is -0.0844. The molecule has 1 rings (SSSR count). The number of aromatic nitrogens is 1. The van der Waals surface area contributed by atoms with E-state index < -0.39 is 5.97 Å². The molecule has 0 spiro atoms. The van der Waals surface area contributed by atoms with E-state index in [0.717, 1.165) is 0 Å². The van der Waals surface area contributed by atoms with E-state index in [1.54, 1.807) is 6.07 Å². The van der Waals surface area contributed by atoms with Crippen molar-refractivity contribution >= 4 is 5.97 Å². The minimum absolute atomic E-state index is 0.0362. The van der Waals surface area contributed by atoms with Gasteiger partial charge in [-0.3, -0.25) is 0 Å². The molecule has 0 saturated heterocycles. The number of hydrogen-bond donors (Lipinski definition) is 1. The normalized spacial score (nSPS) is 10.7. The molecule has 0 unspecified atom stereocenters. The first-order chi connectivity index (χ1) is 7.88. The zero-order chi connectivity index (χ0) is 13.0. The average molecular weight is 239 g/mol. The predicted molar refractivity (Wildman–Crippen MR) is 62.7 cm³/mol. The first-order valence-corrected chi connectivity index (χ1v) is 5.47. The van der Waals surface area contributed by atoms with Gasteiger partial charge in [0.25, 0.3) is 0 Å².